The van der Waals surface area contributed by atoms with Crippen molar-refractivity contribution in [2.24, 2.45) is 0 Å². The fraction of sp³-hybridized carbons (Fsp3) is 0. The van der Waals surface area contributed by atoms with Crippen LogP contribution in [0.2, 0.25) is 0 Å². The van der Waals surface area contributed by atoms with Gasteiger partial charge in [0, 0.05) is 30.2 Å². The highest BCUT2D eigenvalue weighted by molar-refractivity contribution is 5.91. The molecule has 0 aliphatic carbocycles. The molecule has 22 heavy (non-hydrogen) atoms. The number of benzene rings is 1. The van der Waals surface area contributed by atoms with Crippen LogP contribution in [0.3, 0.4) is 0 Å². The van der Waals surface area contributed by atoms with Gasteiger partial charge in [-0.25, -0.2) is 15.0 Å². The van der Waals surface area contributed by atoms with Gasteiger partial charge in [-0.2, -0.15) is 4.98 Å². The van der Waals surface area contributed by atoms with Crippen LogP contribution < -0.4 is 10.6 Å². The zero-order valence-electron chi connectivity index (χ0n) is 11.4. The Kier molecular flexibility index (Phi) is 2.90. The molecule has 0 unspecified atom stereocenters. The number of rotatable bonds is 4. The maximum Gasteiger partial charge on any atom is 0.232 e. The van der Waals surface area contributed by atoms with Gasteiger partial charge in [0.25, 0.3) is 0 Å². The second kappa shape index (κ2) is 5.17. The van der Waals surface area contributed by atoms with Crippen LogP contribution in [0, 0.1) is 0 Å². The van der Waals surface area contributed by atoms with Crippen molar-refractivity contribution < 1.29 is 0 Å². The second-order valence-electron chi connectivity index (χ2n) is 4.54. The van der Waals surface area contributed by atoms with Gasteiger partial charge in [0.05, 0.1) is 5.52 Å². The fourth-order valence-electron chi connectivity index (χ4n) is 2.11. The van der Waals surface area contributed by atoms with Gasteiger partial charge in [-0.15, -0.1) is 0 Å². The highest BCUT2D eigenvalue weighted by Gasteiger charge is 2.09. The molecule has 0 radical (unpaired) electrons. The molecule has 0 saturated carbocycles. The predicted molar refractivity (Wildman–Crippen MR) is 83.3 cm³/mol. The number of H-pyrrole nitrogens is 2. The van der Waals surface area contributed by atoms with Crippen molar-refractivity contribution in [2.75, 3.05) is 10.6 Å². The van der Waals surface area contributed by atoms with Gasteiger partial charge in [-0.3, -0.25) is 5.32 Å². The number of nitrogens with one attached hydrogen (secondary N) is 4. The Balaban J connectivity index is 1.78. The summed E-state index contributed by atoms with van der Waals surface area (Å²) in [5, 5.41) is 7.10. The van der Waals surface area contributed by atoms with Gasteiger partial charge in [-0.1, -0.05) is 12.1 Å². The molecule has 4 rings (SSSR count). The molecule has 0 spiro atoms. The zero-order valence-corrected chi connectivity index (χ0v) is 11.4. The first-order chi connectivity index (χ1) is 10.9. The fourth-order valence-corrected chi connectivity index (χ4v) is 2.11. The molecule has 0 saturated heterocycles. The number of nitrogens with zero attached hydrogens (tertiary/aromatic N) is 4. The van der Waals surface area contributed by atoms with Crippen molar-refractivity contribution in [1.82, 2.24) is 29.9 Å². The van der Waals surface area contributed by atoms with Crippen molar-refractivity contribution in [3.63, 3.8) is 0 Å². The molecule has 0 atom stereocenters. The Morgan fingerprint density at radius 1 is 0.818 bits per heavy atom. The molecule has 0 amide bonds. The Bertz CT molecular complexity index is 883. The van der Waals surface area contributed by atoms with Crippen LogP contribution in [0.25, 0.3) is 10.9 Å². The molecule has 0 aliphatic rings. The van der Waals surface area contributed by atoms with E-state index in [1.807, 2.05) is 24.3 Å². The molecule has 3 aromatic heterocycles. The number of imidazole rings is 2. The van der Waals surface area contributed by atoms with E-state index in [2.05, 4.69) is 40.5 Å². The number of hydrogen-bond donors (Lipinski definition) is 4. The summed E-state index contributed by atoms with van der Waals surface area (Å²) >= 11 is 0. The Morgan fingerprint density at radius 3 is 2.27 bits per heavy atom. The first kappa shape index (κ1) is 12.3. The Labute approximate surface area is 125 Å². The normalized spacial score (nSPS) is 10.7. The molecule has 4 aromatic rings. The predicted octanol–water partition coefficient (Wildman–Crippen LogP) is 2.56. The monoisotopic (exact) mass is 292 g/mol. The van der Waals surface area contributed by atoms with Crippen LogP contribution >= 0.6 is 0 Å². The maximum atomic E-state index is 4.50. The van der Waals surface area contributed by atoms with Crippen LogP contribution in [0.5, 0.6) is 0 Å². The lowest BCUT2D eigenvalue weighted by Crippen LogP contribution is -2.03. The summed E-state index contributed by atoms with van der Waals surface area (Å²) in [6, 6.07) is 7.76. The molecular formula is C14H12N8. The van der Waals surface area contributed by atoms with Gasteiger partial charge in [0.1, 0.15) is 5.82 Å². The standard InChI is InChI=1S/C14H12N8/c1-2-4-10-9(3-1)11(20-12-15-5-6-16-12)21-14(19-10)22-13-17-7-8-18-13/h1-8H,(H4,15,16,17,18,19,20,21,22). The third-order valence-electron chi connectivity index (χ3n) is 3.07. The highest BCUT2D eigenvalue weighted by atomic mass is 15.2. The average Bonchev–Trinajstić information content (AvgIpc) is 3.21. The first-order valence-corrected chi connectivity index (χ1v) is 6.68. The van der Waals surface area contributed by atoms with Crippen LogP contribution in [-0.2, 0) is 0 Å². The van der Waals surface area contributed by atoms with Crippen LogP contribution in [-0.4, -0.2) is 29.9 Å². The lowest BCUT2D eigenvalue weighted by atomic mass is 10.2. The summed E-state index contributed by atoms with van der Waals surface area (Å²) in [4.78, 5) is 23.2. The summed E-state index contributed by atoms with van der Waals surface area (Å²) in [5.74, 6) is 2.31. The van der Waals surface area contributed by atoms with E-state index in [0.29, 0.717) is 23.7 Å². The summed E-state index contributed by atoms with van der Waals surface area (Å²) in [7, 11) is 0. The zero-order chi connectivity index (χ0) is 14.8. The van der Waals surface area contributed by atoms with Crippen LogP contribution in [0.1, 0.15) is 0 Å². The molecule has 3 heterocycles. The largest absolute Gasteiger partial charge is 0.331 e. The van der Waals surface area contributed by atoms with E-state index < -0.39 is 0 Å². The van der Waals surface area contributed by atoms with Crippen molar-refractivity contribution >= 4 is 34.6 Å². The molecule has 4 N–H and O–H groups in total. The number of hydrogen-bond acceptors (Lipinski definition) is 6. The third-order valence-corrected chi connectivity index (χ3v) is 3.07. The van der Waals surface area contributed by atoms with E-state index in [9.17, 15) is 0 Å². The lowest BCUT2D eigenvalue weighted by Gasteiger charge is -2.09. The van der Waals surface area contributed by atoms with Crippen molar-refractivity contribution in [3.8, 4) is 0 Å². The van der Waals surface area contributed by atoms with E-state index in [0.717, 1.165) is 10.9 Å². The average molecular weight is 292 g/mol. The van der Waals surface area contributed by atoms with E-state index in [-0.39, 0.29) is 0 Å². The third kappa shape index (κ3) is 2.33. The minimum atomic E-state index is 0.447. The minimum Gasteiger partial charge on any atom is -0.331 e. The summed E-state index contributed by atoms with van der Waals surface area (Å²) < 4.78 is 0. The maximum absolute atomic E-state index is 4.50. The van der Waals surface area contributed by atoms with Gasteiger partial charge < -0.3 is 15.3 Å². The molecule has 108 valence electrons. The molecule has 0 fully saturated rings. The first-order valence-electron chi connectivity index (χ1n) is 6.68. The number of anilines is 4. The van der Waals surface area contributed by atoms with E-state index in [1.165, 1.54) is 0 Å². The minimum absolute atomic E-state index is 0.447. The van der Waals surface area contributed by atoms with Crippen LogP contribution in [0.4, 0.5) is 23.7 Å². The van der Waals surface area contributed by atoms with E-state index in [4.69, 9.17) is 0 Å². The van der Waals surface area contributed by atoms with Gasteiger partial charge >= 0.3 is 0 Å². The van der Waals surface area contributed by atoms with Gasteiger partial charge in [0.2, 0.25) is 17.8 Å². The van der Waals surface area contributed by atoms with Crippen molar-refractivity contribution in [2.45, 2.75) is 0 Å². The van der Waals surface area contributed by atoms with E-state index >= 15 is 0 Å². The number of aromatic nitrogens is 6. The summed E-state index contributed by atoms with van der Waals surface area (Å²) in [6.45, 7) is 0. The van der Waals surface area contributed by atoms with Crippen molar-refractivity contribution in [1.29, 1.82) is 0 Å². The molecule has 8 nitrogen and oxygen atoms in total. The molecule has 0 bridgehead atoms. The van der Waals surface area contributed by atoms with Gasteiger partial charge in [-0.05, 0) is 12.1 Å². The quantitative estimate of drug-likeness (QED) is 0.460. The van der Waals surface area contributed by atoms with Crippen molar-refractivity contribution in [3.05, 3.63) is 49.1 Å². The number of fused-ring (bicyclic) bond motifs is 1. The topological polar surface area (TPSA) is 107 Å². The molecule has 8 heteroatoms. The number of aromatic amines is 2. The molecule has 0 aliphatic heterocycles. The second-order valence-corrected chi connectivity index (χ2v) is 4.54. The highest BCUT2D eigenvalue weighted by Crippen LogP contribution is 2.24. The Morgan fingerprint density at radius 2 is 1.55 bits per heavy atom. The Hall–Kier alpha value is -3.42. The summed E-state index contributed by atoms with van der Waals surface area (Å²) in [5.41, 5.74) is 0.820. The number of para-hydroxylation sites is 1. The van der Waals surface area contributed by atoms with Gasteiger partial charge in [0.15, 0.2) is 0 Å². The molecular weight excluding hydrogens is 280 g/mol. The van der Waals surface area contributed by atoms with E-state index in [1.54, 1.807) is 24.8 Å². The molecule has 1 aromatic carbocycles. The SMILES string of the molecule is c1ccc2c(Nc3ncc[nH]3)nc(Nc3ncc[nH]3)nc2c1. The summed E-state index contributed by atoms with van der Waals surface area (Å²) in [6.07, 6.45) is 6.80. The van der Waals surface area contributed by atoms with Crippen LogP contribution in [0.15, 0.2) is 49.1 Å². The smallest absolute Gasteiger partial charge is 0.232 e. The lowest BCUT2D eigenvalue weighted by molar-refractivity contribution is 1.16.